The minimum absolute atomic E-state index is 0.0593. The van der Waals surface area contributed by atoms with E-state index in [-0.39, 0.29) is 11.7 Å². The van der Waals surface area contributed by atoms with Gasteiger partial charge in [0.25, 0.3) is 0 Å². The van der Waals surface area contributed by atoms with Crippen molar-refractivity contribution in [3.05, 3.63) is 63.7 Å². The highest BCUT2D eigenvalue weighted by Gasteiger charge is 2.16. The Hall–Kier alpha value is -1.85. The second kappa shape index (κ2) is 7.58. The molecule has 25 heavy (non-hydrogen) atoms. The molecule has 0 saturated carbocycles. The Morgan fingerprint density at radius 1 is 1.16 bits per heavy atom. The molecule has 0 aromatic heterocycles. The molecule has 6 heteroatoms. The fourth-order valence-corrected chi connectivity index (χ4v) is 3.38. The van der Waals surface area contributed by atoms with Crippen molar-refractivity contribution < 1.29 is 17.9 Å². The van der Waals surface area contributed by atoms with Crippen LogP contribution in [0.25, 0.3) is 0 Å². The molecular weight excluding hydrogens is 360 g/mol. The van der Waals surface area contributed by atoms with Gasteiger partial charge in [0, 0.05) is 11.3 Å². The summed E-state index contributed by atoms with van der Waals surface area (Å²) in [6, 6.07) is 9.95. The molecule has 4 nitrogen and oxygen atoms in total. The zero-order valence-corrected chi connectivity index (χ0v) is 16.2. The van der Waals surface area contributed by atoms with E-state index < -0.39 is 15.8 Å². The van der Waals surface area contributed by atoms with Crippen LogP contribution in [0.3, 0.4) is 0 Å². The van der Waals surface area contributed by atoms with E-state index in [0.29, 0.717) is 21.9 Å². The standard InChI is InChI=1S/C19H21ClO4S/c1-12(2)16-10-17(20)13(3)9-18(16)24-19(21)15-7-5-14(6-8-15)11-25(4,22)23/h5-10,12H,11H2,1-4H3. The number of carbonyl (C=O) groups is 1. The van der Waals surface area contributed by atoms with Gasteiger partial charge in [-0.1, -0.05) is 37.6 Å². The van der Waals surface area contributed by atoms with E-state index in [4.69, 9.17) is 16.3 Å². The lowest BCUT2D eigenvalue weighted by Crippen LogP contribution is -2.11. The lowest BCUT2D eigenvalue weighted by Gasteiger charge is -2.15. The maximum Gasteiger partial charge on any atom is 0.343 e. The number of benzene rings is 2. The number of ether oxygens (including phenoxy) is 1. The van der Waals surface area contributed by atoms with Crippen LogP contribution in [-0.2, 0) is 15.6 Å². The summed E-state index contributed by atoms with van der Waals surface area (Å²) in [5, 5.41) is 0.633. The Kier molecular flexibility index (Phi) is 5.91. The SMILES string of the molecule is Cc1cc(OC(=O)c2ccc(CS(C)(=O)=O)cc2)c(C(C)C)cc1Cl. The molecule has 0 aliphatic heterocycles. The molecule has 0 N–H and O–H groups in total. The first-order valence-corrected chi connectivity index (χ1v) is 10.3. The summed E-state index contributed by atoms with van der Waals surface area (Å²) in [6.45, 7) is 5.85. The molecule has 2 rings (SSSR count). The second-order valence-electron chi connectivity index (χ2n) is 6.45. The Morgan fingerprint density at radius 3 is 2.28 bits per heavy atom. The third-order valence-corrected chi connectivity index (χ3v) is 5.00. The summed E-state index contributed by atoms with van der Waals surface area (Å²) in [5.41, 5.74) is 2.68. The number of halogens is 1. The molecule has 134 valence electrons. The van der Waals surface area contributed by atoms with E-state index >= 15 is 0 Å². The monoisotopic (exact) mass is 380 g/mol. The maximum absolute atomic E-state index is 12.4. The summed E-state index contributed by atoms with van der Waals surface area (Å²) in [4.78, 5) is 12.4. The van der Waals surface area contributed by atoms with Crippen LogP contribution in [0.1, 0.15) is 46.8 Å². The van der Waals surface area contributed by atoms with E-state index in [1.807, 2.05) is 26.8 Å². The molecule has 0 amide bonds. The number of esters is 1. The summed E-state index contributed by atoms with van der Waals surface area (Å²) < 4.78 is 28.2. The van der Waals surface area contributed by atoms with E-state index in [2.05, 4.69) is 0 Å². The van der Waals surface area contributed by atoms with Crippen molar-refractivity contribution in [3.8, 4) is 5.75 Å². The molecule has 2 aromatic rings. The minimum atomic E-state index is -3.11. The Balaban J connectivity index is 2.24. The van der Waals surface area contributed by atoms with E-state index in [0.717, 1.165) is 11.1 Å². The molecule has 0 atom stereocenters. The normalized spacial score (nSPS) is 11.6. The van der Waals surface area contributed by atoms with Crippen LogP contribution in [-0.4, -0.2) is 20.6 Å². The van der Waals surface area contributed by atoms with Gasteiger partial charge in [0.2, 0.25) is 0 Å². The average Bonchev–Trinajstić information content (AvgIpc) is 2.49. The molecule has 0 unspecified atom stereocenters. The molecule has 0 saturated heterocycles. The third-order valence-electron chi connectivity index (χ3n) is 3.73. The molecular formula is C19H21ClO4S. The lowest BCUT2D eigenvalue weighted by molar-refractivity contribution is 0.0733. The number of hydrogen-bond donors (Lipinski definition) is 0. The number of aryl methyl sites for hydroxylation is 1. The fraction of sp³-hybridized carbons (Fsp3) is 0.316. The van der Waals surface area contributed by atoms with Crippen molar-refractivity contribution in [3.63, 3.8) is 0 Å². The zero-order valence-electron chi connectivity index (χ0n) is 14.7. The van der Waals surface area contributed by atoms with Crippen molar-refractivity contribution >= 4 is 27.4 Å². The van der Waals surface area contributed by atoms with Crippen LogP contribution in [0.5, 0.6) is 5.75 Å². The predicted molar refractivity (Wildman–Crippen MR) is 100 cm³/mol. The lowest BCUT2D eigenvalue weighted by atomic mass is 10.0. The van der Waals surface area contributed by atoms with Gasteiger partial charge in [0.15, 0.2) is 9.84 Å². The smallest absolute Gasteiger partial charge is 0.343 e. The van der Waals surface area contributed by atoms with Crippen LogP contribution in [0.2, 0.25) is 5.02 Å². The van der Waals surface area contributed by atoms with Crippen molar-refractivity contribution in [2.45, 2.75) is 32.4 Å². The minimum Gasteiger partial charge on any atom is -0.423 e. The van der Waals surface area contributed by atoms with Crippen LogP contribution < -0.4 is 4.74 Å². The first-order valence-electron chi connectivity index (χ1n) is 7.85. The Bertz CT molecular complexity index is 884. The predicted octanol–water partition coefficient (Wildman–Crippen LogP) is 4.54. The van der Waals surface area contributed by atoms with Crippen molar-refractivity contribution in [1.82, 2.24) is 0 Å². The summed E-state index contributed by atoms with van der Waals surface area (Å²) >= 11 is 6.16. The highest BCUT2D eigenvalue weighted by Crippen LogP contribution is 2.32. The van der Waals surface area contributed by atoms with Gasteiger partial charge in [0.05, 0.1) is 11.3 Å². The molecule has 0 aliphatic rings. The van der Waals surface area contributed by atoms with Crippen molar-refractivity contribution in [1.29, 1.82) is 0 Å². The van der Waals surface area contributed by atoms with Gasteiger partial charge in [-0.3, -0.25) is 0 Å². The van der Waals surface area contributed by atoms with Crippen molar-refractivity contribution in [2.75, 3.05) is 6.26 Å². The Labute approximate surface area is 153 Å². The Morgan fingerprint density at radius 2 is 1.76 bits per heavy atom. The van der Waals surface area contributed by atoms with Crippen molar-refractivity contribution in [2.24, 2.45) is 0 Å². The number of rotatable bonds is 5. The van der Waals surface area contributed by atoms with Gasteiger partial charge in [0.1, 0.15) is 5.75 Å². The van der Waals surface area contributed by atoms with Gasteiger partial charge < -0.3 is 4.74 Å². The average molecular weight is 381 g/mol. The summed E-state index contributed by atoms with van der Waals surface area (Å²) in [7, 11) is -3.11. The first kappa shape index (κ1) is 19.5. The van der Waals surface area contributed by atoms with Crippen LogP contribution in [0.15, 0.2) is 36.4 Å². The number of hydrogen-bond acceptors (Lipinski definition) is 4. The largest absolute Gasteiger partial charge is 0.423 e. The van der Waals surface area contributed by atoms with Gasteiger partial charge in [-0.2, -0.15) is 0 Å². The summed E-state index contributed by atoms with van der Waals surface area (Å²) in [6.07, 6.45) is 1.17. The molecule has 2 aromatic carbocycles. The van der Waals surface area contributed by atoms with E-state index in [1.54, 1.807) is 30.3 Å². The first-order chi connectivity index (χ1) is 11.6. The molecule has 0 aliphatic carbocycles. The van der Waals surface area contributed by atoms with Crippen LogP contribution >= 0.6 is 11.6 Å². The number of carbonyl (C=O) groups excluding carboxylic acids is 1. The maximum atomic E-state index is 12.4. The molecule has 0 fully saturated rings. The fourth-order valence-electron chi connectivity index (χ4n) is 2.41. The molecule has 0 heterocycles. The topological polar surface area (TPSA) is 60.4 Å². The van der Waals surface area contributed by atoms with E-state index in [1.165, 1.54) is 6.26 Å². The van der Waals surface area contributed by atoms with E-state index in [9.17, 15) is 13.2 Å². The van der Waals surface area contributed by atoms with Gasteiger partial charge in [-0.15, -0.1) is 0 Å². The highest BCUT2D eigenvalue weighted by atomic mass is 35.5. The second-order valence-corrected chi connectivity index (χ2v) is 9.00. The molecule has 0 bridgehead atoms. The highest BCUT2D eigenvalue weighted by molar-refractivity contribution is 7.89. The van der Waals surface area contributed by atoms with Gasteiger partial charge >= 0.3 is 5.97 Å². The summed E-state index contributed by atoms with van der Waals surface area (Å²) in [5.74, 6) is 0.0885. The number of sulfone groups is 1. The zero-order chi connectivity index (χ0) is 18.8. The third kappa shape index (κ3) is 5.31. The quantitative estimate of drug-likeness (QED) is 0.564. The van der Waals surface area contributed by atoms with Crippen LogP contribution in [0.4, 0.5) is 0 Å². The van der Waals surface area contributed by atoms with Gasteiger partial charge in [-0.05, 0) is 53.8 Å². The van der Waals surface area contributed by atoms with Crippen LogP contribution in [0, 0.1) is 6.92 Å². The molecule has 0 spiro atoms. The van der Waals surface area contributed by atoms with Gasteiger partial charge in [-0.25, -0.2) is 13.2 Å². The molecule has 0 radical (unpaired) electrons.